The van der Waals surface area contributed by atoms with Crippen molar-refractivity contribution < 1.29 is 19.2 Å². The number of ether oxygens (including phenoxy) is 1. The van der Waals surface area contributed by atoms with Crippen LogP contribution < -0.4 is 15.8 Å². The maximum absolute atomic E-state index is 12.8. The number of amides is 2. The van der Waals surface area contributed by atoms with Crippen LogP contribution >= 0.6 is 0 Å². The van der Waals surface area contributed by atoms with Crippen LogP contribution in [0.4, 0.5) is 11.4 Å². The van der Waals surface area contributed by atoms with Gasteiger partial charge < -0.3 is 15.8 Å². The Morgan fingerprint density at radius 1 is 1.41 bits per heavy atom. The Hall–Kier alpha value is -3.50. The Kier molecular flexibility index (Phi) is 6.06. The fraction of sp³-hybridized carbons (Fsp3) is 0.375. The number of carbonyl (C=O) groups is 2. The molecule has 0 aliphatic carbocycles. The highest BCUT2D eigenvalue weighted by atomic mass is 16.6. The lowest BCUT2D eigenvalue weighted by molar-refractivity contribution is -0.385. The molecule has 0 aliphatic heterocycles. The van der Waals surface area contributed by atoms with Crippen molar-refractivity contribution in [3.63, 3.8) is 0 Å². The van der Waals surface area contributed by atoms with Gasteiger partial charge in [0.2, 0.25) is 5.88 Å². The summed E-state index contributed by atoms with van der Waals surface area (Å²) < 4.78 is 6.57. The van der Waals surface area contributed by atoms with Crippen molar-refractivity contribution in [2.45, 2.75) is 26.7 Å². The minimum absolute atomic E-state index is 0.0307. The second-order valence-corrected chi connectivity index (χ2v) is 5.60. The zero-order valence-electron chi connectivity index (χ0n) is 15.2. The normalized spacial score (nSPS) is 10.5. The molecule has 2 aromatic heterocycles. The number of aromatic nitrogens is 3. The molecule has 0 saturated carbocycles. The molecule has 0 spiro atoms. The smallest absolute Gasteiger partial charge is 0.288 e. The first-order chi connectivity index (χ1) is 12.8. The Morgan fingerprint density at radius 3 is 2.67 bits per heavy atom. The molecule has 0 bridgehead atoms. The van der Waals surface area contributed by atoms with E-state index in [1.165, 1.54) is 11.7 Å². The summed E-state index contributed by atoms with van der Waals surface area (Å²) in [6.07, 6.45) is 2.23. The second kappa shape index (κ2) is 8.25. The third-order valence-electron chi connectivity index (χ3n) is 3.65. The third kappa shape index (κ3) is 4.19. The summed E-state index contributed by atoms with van der Waals surface area (Å²) in [7, 11) is 1.54. The van der Waals surface area contributed by atoms with Gasteiger partial charge in [-0.15, -0.1) is 0 Å². The van der Waals surface area contributed by atoms with E-state index in [2.05, 4.69) is 15.4 Å². The number of anilines is 1. The van der Waals surface area contributed by atoms with E-state index in [0.717, 1.165) is 18.7 Å². The average Bonchev–Trinajstić information content (AvgIpc) is 2.90. The lowest BCUT2D eigenvalue weighted by Crippen LogP contribution is -2.21. The number of nitrogens with zero attached hydrogens (tertiary/aromatic N) is 4. The molecule has 0 radical (unpaired) electrons. The molecule has 0 unspecified atom stereocenters. The molecule has 0 aliphatic rings. The molecule has 0 fully saturated rings. The Bertz CT molecular complexity index is 892. The van der Waals surface area contributed by atoms with Crippen molar-refractivity contribution in [3.8, 4) is 5.88 Å². The number of carbonyl (C=O) groups excluding carboxylic acids is 2. The van der Waals surface area contributed by atoms with E-state index in [1.807, 2.05) is 6.92 Å². The van der Waals surface area contributed by atoms with E-state index in [1.54, 1.807) is 6.92 Å². The fourth-order valence-electron chi connectivity index (χ4n) is 2.54. The van der Waals surface area contributed by atoms with Crippen LogP contribution in [0.1, 0.15) is 46.8 Å². The maximum Gasteiger partial charge on any atom is 0.288 e. The minimum Gasteiger partial charge on any atom is -0.477 e. The van der Waals surface area contributed by atoms with Crippen LogP contribution in [0.3, 0.4) is 0 Å². The van der Waals surface area contributed by atoms with Gasteiger partial charge in [0.15, 0.2) is 0 Å². The van der Waals surface area contributed by atoms with Crippen LogP contribution in [-0.4, -0.2) is 38.1 Å². The molecule has 11 nitrogen and oxygen atoms in total. The fourth-order valence-corrected chi connectivity index (χ4v) is 2.54. The quantitative estimate of drug-likeness (QED) is 0.521. The zero-order valence-corrected chi connectivity index (χ0v) is 15.2. The Labute approximate surface area is 154 Å². The maximum atomic E-state index is 12.8. The lowest BCUT2D eigenvalue weighted by Gasteiger charge is -2.10. The zero-order chi connectivity index (χ0) is 20.1. The van der Waals surface area contributed by atoms with Crippen LogP contribution in [-0.2, 0) is 13.5 Å². The van der Waals surface area contributed by atoms with E-state index < -0.39 is 16.7 Å². The predicted molar refractivity (Wildman–Crippen MR) is 95.7 cm³/mol. The van der Waals surface area contributed by atoms with Gasteiger partial charge in [-0.3, -0.25) is 24.4 Å². The van der Waals surface area contributed by atoms with Crippen molar-refractivity contribution in [3.05, 3.63) is 39.3 Å². The van der Waals surface area contributed by atoms with Gasteiger partial charge in [0.05, 0.1) is 22.9 Å². The van der Waals surface area contributed by atoms with Crippen LogP contribution in [0.15, 0.2) is 12.3 Å². The number of hydrogen-bond donors (Lipinski definition) is 2. The Morgan fingerprint density at radius 2 is 2.11 bits per heavy atom. The van der Waals surface area contributed by atoms with Crippen LogP contribution in [0, 0.1) is 10.1 Å². The van der Waals surface area contributed by atoms with E-state index in [9.17, 15) is 19.7 Å². The number of rotatable bonds is 8. The number of nitrogens with one attached hydrogen (secondary N) is 1. The summed E-state index contributed by atoms with van der Waals surface area (Å²) >= 11 is 0. The first-order valence-corrected chi connectivity index (χ1v) is 8.24. The Balaban J connectivity index is 2.49. The van der Waals surface area contributed by atoms with Gasteiger partial charge in [0, 0.05) is 13.1 Å². The second-order valence-electron chi connectivity index (χ2n) is 5.60. The minimum atomic E-state index is -0.759. The molecular formula is C16H20N6O5. The van der Waals surface area contributed by atoms with Gasteiger partial charge in [-0.2, -0.15) is 5.10 Å². The molecule has 2 amide bonds. The summed E-state index contributed by atoms with van der Waals surface area (Å²) in [5.74, 6) is -1.53. The highest BCUT2D eigenvalue weighted by Crippen LogP contribution is 2.26. The summed E-state index contributed by atoms with van der Waals surface area (Å²) in [4.78, 5) is 38.7. The van der Waals surface area contributed by atoms with Crippen LogP contribution in [0.5, 0.6) is 5.88 Å². The van der Waals surface area contributed by atoms with Crippen LogP contribution in [0.25, 0.3) is 0 Å². The summed E-state index contributed by atoms with van der Waals surface area (Å²) in [6.45, 7) is 3.82. The topological polar surface area (TPSA) is 155 Å². The monoisotopic (exact) mass is 376 g/mol. The van der Waals surface area contributed by atoms with E-state index >= 15 is 0 Å². The molecule has 144 valence electrons. The van der Waals surface area contributed by atoms with Gasteiger partial charge in [-0.25, -0.2) is 4.98 Å². The van der Waals surface area contributed by atoms with Gasteiger partial charge >= 0.3 is 0 Å². The third-order valence-corrected chi connectivity index (χ3v) is 3.65. The number of pyridine rings is 1. The molecule has 3 N–H and O–H groups in total. The number of hydrogen-bond acceptors (Lipinski definition) is 7. The van der Waals surface area contributed by atoms with Crippen LogP contribution in [0.2, 0.25) is 0 Å². The van der Waals surface area contributed by atoms with E-state index in [4.69, 9.17) is 10.5 Å². The first-order valence-electron chi connectivity index (χ1n) is 8.24. The molecule has 0 aromatic carbocycles. The average molecular weight is 376 g/mol. The largest absolute Gasteiger partial charge is 0.477 e. The van der Waals surface area contributed by atoms with Gasteiger partial charge in [-0.1, -0.05) is 13.3 Å². The van der Waals surface area contributed by atoms with Gasteiger partial charge in [0.25, 0.3) is 17.5 Å². The van der Waals surface area contributed by atoms with E-state index in [0.29, 0.717) is 12.1 Å². The van der Waals surface area contributed by atoms with Crippen molar-refractivity contribution in [1.82, 2.24) is 14.8 Å². The number of nitrogens with two attached hydrogens (primary N) is 1. The molecule has 2 heterocycles. The summed E-state index contributed by atoms with van der Waals surface area (Å²) in [5, 5.41) is 17.8. The van der Waals surface area contributed by atoms with Crippen molar-refractivity contribution in [1.29, 1.82) is 0 Å². The van der Waals surface area contributed by atoms with Gasteiger partial charge in [0.1, 0.15) is 17.5 Å². The van der Waals surface area contributed by atoms with Crippen molar-refractivity contribution in [2.75, 3.05) is 11.9 Å². The standard InChI is InChI=1S/C16H20N6O5/c1-4-6-11-12(13(14(17)23)21(3)20-11)19-15(24)10-7-9(22(25)26)8-18-16(10)27-5-2/h7-8H,4-6H2,1-3H3,(H2,17,23)(H,19,24). The molecule has 0 saturated heterocycles. The molecule has 27 heavy (non-hydrogen) atoms. The molecule has 0 atom stereocenters. The highest BCUT2D eigenvalue weighted by molar-refractivity contribution is 6.09. The number of primary amides is 1. The van der Waals surface area contributed by atoms with Crippen molar-refractivity contribution >= 4 is 23.2 Å². The molecular weight excluding hydrogens is 356 g/mol. The van der Waals surface area contributed by atoms with E-state index in [-0.39, 0.29) is 35.1 Å². The number of aryl methyl sites for hydroxylation is 2. The molecule has 2 aromatic rings. The lowest BCUT2D eigenvalue weighted by atomic mass is 10.1. The van der Waals surface area contributed by atoms with Gasteiger partial charge in [-0.05, 0) is 13.3 Å². The van der Waals surface area contributed by atoms with Crippen molar-refractivity contribution in [2.24, 2.45) is 12.8 Å². The summed E-state index contributed by atoms with van der Waals surface area (Å²) in [5.41, 5.74) is 5.60. The molecule has 2 rings (SSSR count). The number of nitro groups is 1. The molecule has 11 heteroatoms. The predicted octanol–water partition coefficient (Wildman–Crippen LogP) is 1.43. The highest BCUT2D eigenvalue weighted by Gasteiger charge is 2.25. The first kappa shape index (κ1) is 19.8. The summed E-state index contributed by atoms with van der Waals surface area (Å²) in [6, 6.07) is 1.06. The SMILES string of the molecule is CCCc1nn(C)c(C(N)=O)c1NC(=O)c1cc([N+](=O)[O-])cnc1OCC.